The van der Waals surface area contributed by atoms with Crippen LogP contribution in [-0.2, 0) is 15.0 Å². The molecule has 8 heteroatoms. The number of piperazine rings is 1. The molecule has 3 aliphatic heterocycles. The number of Topliss-reactive ketones (excluding diaryl/α,β-unsaturated/α-hetero) is 1. The van der Waals surface area contributed by atoms with E-state index in [2.05, 4.69) is 24.0 Å². The number of nitrogens with zero attached hydrogens (tertiary/aromatic N) is 4. The Morgan fingerprint density at radius 2 is 1.83 bits per heavy atom. The molecule has 36 heavy (non-hydrogen) atoms. The molecule has 0 radical (unpaired) electrons. The number of benzene rings is 2. The average Bonchev–Trinajstić information content (AvgIpc) is 3.24. The summed E-state index contributed by atoms with van der Waals surface area (Å²) in [4.78, 5) is 29.1. The number of carbonyl (C=O) groups excluding carboxylic acids is 2. The highest BCUT2D eigenvalue weighted by Gasteiger charge is 2.56. The van der Waals surface area contributed by atoms with E-state index < -0.39 is 5.41 Å². The third-order valence-corrected chi connectivity index (χ3v) is 8.02. The van der Waals surface area contributed by atoms with Crippen LogP contribution in [0.3, 0.4) is 0 Å². The first-order valence-electron chi connectivity index (χ1n) is 12.7. The summed E-state index contributed by atoms with van der Waals surface area (Å²) in [7, 11) is 0. The maximum absolute atomic E-state index is 14.2. The quantitative estimate of drug-likeness (QED) is 0.616. The molecule has 7 nitrogen and oxygen atoms in total. The molecular formula is C28H33FN4O3. The molecule has 2 unspecified atom stereocenters. The van der Waals surface area contributed by atoms with E-state index in [1.807, 2.05) is 28.1 Å². The minimum absolute atomic E-state index is 0.0890. The number of amides is 1. The molecule has 3 aliphatic rings. The number of rotatable bonds is 6. The van der Waals surface area contributed by atoms with E-state index >= 15 is 0 Å². The van der Waals surface area contributed by atoms with Gasteiger partial charge in [-0.25, -0.2) is 4.39 Å². The molecule has 2 aromatic carbocycles. The summed E-state index contributed by atoms with van der Waals surface area (Å²) in [6.07, 6.45) is 1.53. The molecule has 1 fully saturated rings. The Balaban J connectivity index is 1.48. The average molecular weight is 493 g/mol. The standard InChI is InChI=1S/C28H33FN4O3/c1-19(31-13-15-32(16-14-31)21(3)35)11-12-28(22-7-5-4-6-8-22)26-18-36-25-10-9-23(29)17-24(25)33(26)30-27(28)20(2)34/h4-10,17,19,26H,11-16,18H2,1-3H3/t19?,26?,28-/m0/s1. The zero-order chi connectivity index (χ0) is 25.4. The van der Waals surface area contributed by atoms with E-state index in [1.165, 1.54) is 12.1 Å². The van der Waals surface area contributed by atoms with Gasteiger partial charge in [-0.15, -0.1) is 0 Å². The monoisotopic (exact) mass is 492 g/mol. The van der Waals surface area contributed by atoms with E-state index in [9.17, 15) is 14.0 Å². The van der Waals surface area contributed by atoms with Crippen LogP contribution in [-0.4, -0.2) is 72.1 Å². The van der Waals surface area contributed by atoms with Gasteiger partial charge in [-0.1, -0.05) is 30.3 Å². The van der Waals surface area contributed by atoms with E-state index in [-0.39, 0.29) is 29.6 Å². The summed E-state index contributed by atoms with van der Waals surface area (Å²) in [5.41, 5.74) is 1.37. The van der Waals surface area contributed by atoms with Crippen molar-refractivity contribution in [2.45, 2.75) is 51.1 Å². The first-order valence-corrected chi connectivity index (χ1v) is 12.7. The van der Waals surface area contributed by atoms with Crippen molar-refractivity contribution in [3.63, 3.8) is 0 Å². The molecule has 1 amide bonds. The minimum Gasteiger partial charge on any atom is -0.489 e. The van der Waals surface area contributed by atoms with Crippen LogP contribution >= 0.6 is 0 Å². The lowest BCUT2D eigenvalue weighted by molar-refractivity contribution is -0.130. The number of anilines is 1. The van der Waals surface area contributed by atoms with Crippen molar-refractivity contribution in [1.29, 1.82) is 0 Å². The van der Waals surface area contributed by atoms with Crippen LogP contribution in [0.25, 0.3) is 0 Å². The van der Waals surface area contributed by atoms with Crippen molar-refractivity contribution < 1.29 is 18.7 Å². The summed E-state index contributed by atoms with van der Waals surface area (Å²) in [5, 5.41) is 6.65. The SMILES string of the molecule is CC(=O)C1=NN2c3cc(F)ccc3OCC2[C@]1(CCC(C)N1CCN(C(C)=O)CC1)c1ccccc1. The van der Waals surface area contributed by atoms with Gasteiger partial charge in [-0.2, -0.15) is 5.10 Å². The Labute approximate surface area is 211 Å². The highest BCUT2D eigenvalue weighted by molar-refractivity contribution is 6.43. The molecule has 3 heterocycles. The second kappa shape index (κ2) is 9.65. The molecule has 0 N–H and O–H groups in total. The predicted octanol–water partition coefficient (Wildman–Crippen LogP) is 3.62. The number of carbonyl (C=O) groups is 2. The third kappa shape index (κ3) is 4.17. The van der Waals surface area contributed by atoms with Gasteiger partial charge < -0.3 is 9.64 Å². The van der Waals surface area contributed by atoms with E-state index in [0.717, 1.165) is 38.2 Å². The number of hydrogen-bond acceptors (Lipinski definition) is 6. The Kier molecular flexibility index (Phi) is 6.55. The predicted molar refractivity (Wildman–Crippen MR) is 137 cm³/mol. The maximum atomic E-state index is 14.2. The largest absolute Gasteiger partial charge is 0.489 e. The van der Waals surface area contributed by atoms with Crippen molar-refractivity contribution in [2.24, 2.45) is 5.10 Å². The van der Waals surface area contributed by atoms with Crippen molar-refractivity contribution in [1.82, 2.24) is 9.80 Å². The Morgan fingerprint density at radius 3 is 2.50 bits per heavy atom. The molecular weight excluding hydrogens is 459 g/mol. The van der Waals surface area contributed by atoms with Gasteiger partial charge in [0.15, 0.2) is 5.78 Å². The van der Waals surface area contributed by atoms with Crippen molar-refractivity contribution in [3.05, 3.63) is 59.9 Å². The Hall–Kier alpha value is -3.26. The fourth-order valence-corrected chi connectivity index (χ4v) is 6.00. The number of ether oxygens (including phenoxy) is 1. The van der Waals surface area contributed by atoms with Crippen molar-refractivity contribution in [2.75, 3.05) is 37.8 Å². The number of halogens is 1. The van der Waals surface area contributed by atoms with Gasteiger partial charge in [0.25, 0.3) is 0 Å². The lowest BCUT2D eigenvalue weighted by Crippen LogP contribution is -2.55. The number of fused-ring (bicyclic) bond motifs is 3. The third-order valence-electron chi connectivity index (χ3n) is 8.02. The van der Waals surface area contributed by atoms with Crippen molar-refractivity contribution in [3.8, 4) is 5.75 Å². The molecule has 0 spiro atoms. The van der Waals surface area contributed by atoms with Gasteiger partial charge in [0.1, 0.15) is 35.6 Å². The highest BCUT2D eigenvalue weighted by atomic mass is 19.1. The van der Waals surface area contributed by atoms with Crippen molar-refractivity contribution >= 4 is 23.1 Å². The molecule has 190 valence electrons. The van der Waals surface area contributed by atoms with Crippen LogP contribution in [0.2, 0.25) is 0 Å². The Morgan fingerprint density at radius 1 is 1.11 bits per heavy atom. The van der Waals surface area contributed by atoms with Crippen LogP contribution < -0.4 is 9.75 Å². The van der Waals surface area contributed by atoms with Gasteiger partial charge in [0.2, 0.25) is 5.91 Å². The van der Waals surface area contributed by atoms with E-state index in [1.54, 1.807) is 19.9 Å². The Bertz CT molecular complexity index is 1180. The zero-order valence-corrected chi connectivity index (χ0v) is 21.1. The molecule has 2 aromatic rings. The minimum atomic E-state index is -0.688. The van der Waals surface area contributed by atoms with Crippen LogP contribution in [0.5, 0.6) is 5.75 Å². The van der Waals surface area contributed by atoms with Crippen LogP contribution in [0.4, 0.5) is 10.1 Å². The molecule has 5 rings (SSSR count). The van der Waals surface area contributed by atoms with Gasteiger partial charge in [-0.05, 0) is 37.5 Å². The molecule has 1 saturated heterocycles. The fraction of sp³-hybridized carbons (Fsp3) is 0.464. The van der Waals surface area contributed by atoms with Gasteiger partial charge in [0, 0.05) is 52.1 Å². The number of ketones is 1. The number of hydrazone groups is 1. The molecule has 0 aromatic heterocycles. The summed E-state index contributed by atoms with van der Waals surface area (Å²) in [6, 6.07) is 14.5. The topological polar surface area (TPSA) is 65.5 Å². The molecule has 3 atom stereocenters. The smallest absolute Gasteiger partial charge is 0.219 e. The summed E-state index contributed by atoms with van der Waals surface area (Å²) in [6.45, 7) is 8.86. The fourth-order valence-electron chi connectivity index (χ4n) is 6.00. The maximum Gasteiger partial charge on any atom is 0.219 e. The first-order chi connectivity index (χ1) is 17.3. The summed E-state index contributed by atoms with van der Waals surface area (Å²) < 4.78 is 20.3. The second-order valence-corrected chi connectivity index (χ2v) is 10.1. The summed E-state index contributed by atoms with van der Waals surface area (Å²) in [5.74, 6) is 0.231. The normalized spacial score (nSPS) is 24.4. The zero-order valence-electron chi connectivity index (χ0n) is 21.1. The van der Waals surface area contributed by atoms with Crippen LogP contribution in [0.15, 0.2) is 53.6 Å². The lowest BCUT2D eigenvalue weighted by atomic mass is 9.66. The molecule has 0 saturated carbocycles. The highest BCUT2D eigenvalue weighted by Crippen LogP contribution is 2.48. The van der Waals surface area contributed by atoms with Crippen LogP contribution in [0, 0.1) is 5.82 Å². The summed E-state index contributed by atoms with van der Waals surface area (Å²) >= 11 is 0. The molecule has 0 bridgehead atoms. The van der Waals surface area contributed by atoms with Gasteiger partial charge >= 0.3 is 0 Å². The first kappa shape index (κ1) is 24.4. The van der Waals surface area contributed by atoms with E-state index in [0.29, 0.717) is 30.2 Å². The van der Waals surface area contributed by atoms with Crippen LogP contribution in [0.1, 0.15) is 39.2 Å². The number of hydrogen-bond donors (Lipinski definition) is 0. The lowest BCUT2D eigenvalue weighted by Gasteiger charge is -2.43. The second-order valence-electron chi connectivity index (χ2n) is 10.1. The van der Waals surface area contributed by atoms with Gasteiger partial charge in [0.05, 0.1) is 5.41 Å². The van der Waals surface area contributed by atoms with E-state index in [4.69, 9.17) is 9.84 Å². The van der Waals surface area contributed by atoms with Gasteiger partial charge in [-0.3, -0.25) is 19.5 Å². The molecule has 0 aliphatic carbocycles.